The lowest BCUT2D eigenvalue weighted by molar-refractivity contribution is 1.06. The van der Waals surface area contributed by atoms with E-state index >= 15 is 0 Å². The van der Waals surface area contributed by atoms with Crippen LogP contribution >= 0.6 is 0 Å². The van der Waals surface area contributed by atoms with Crippen molar-refractivity contribution in [3.63, 3.8) is 0 Å². The topological polar surface area (TPSA) is 43.6 Å². The third kappa shape index (κ3) is 5.45. The summed E-state index contributed by atoms with van der Waals surface area (Å²) in [6, 6.07) is 43.5. The summed E-state index contributed by atoms with van der Waals surface area (Å²) in [6.45, 7) is 0. The average molecular weight is 685 g/mol. The second-order valence-electron chi connectivity index (χ2n) is 12.7. The zero-order valence-corrected chi connectivity index (χ0v) is 28.1. The molecule has 0 saturated carbocycles. The van der Waals surface area contributed by atoms with Crippen LogP contribution < -0.4 is 0 Å². The number of nitrogens with zero attached hydrogens (tertiary/aromatic N) is 4. The van der Waals surface area contributed by atoms with Gasteiger partial charge in [-0.15, -0.1) is 0 Å². The summed E-state index contributed by atoms with van der Waals surface area (Å²) in [7, 11) is 0. The van der Waals surface area contributed by atoms with Crippen molar-refractivity contribution in [2.45, 2.75) is 0 Å². The van der Waals surface area contributed by atoms with E-state index in [0.29, 0.717) is 28.5 Å². The fourth-order valence-electron chi connectivity index (χ4n) is 7.00. The fourth-order valence-corrected chi connectivity index (χ4v) is 7.00. The Hall–Kier alpha value is -7.17. The number of hydrogen-bond donors (Lipinski definition) is 0. The molecule has 8 aromatic carbocycles. The minimum atomic E-state index is -0.512. The third-order valence-corrected chi connectivity index (χ3v) is 9.52. The molecule has 0 aliphatic rings. The van der Waals surface area contributed by atoms with Crippen molar-refractivity contribution in [2.24, 2.45) is 0 Å². The molecule has 10 aromatic rings. The highest BCUT2D eigenvalue weighted by molar-refractivity contribution is 6.10. The first kappa shape index (κ1) is 23.3. The van der Waals surface area contributed by atoms with E-state index in [1.165, 1.54) is 4.57 Å². The van der Waals surface area contributed by atoms with Crippen LogP contribution in [0.1, 0.15) is 11.0 Å². The molecule has 248 valence electrons. The average Bonchev–Trinajstić information content (AvgIpc) is 3.68. The minimum absolute atomic E-state index is 0.000949. The van der Waals surface area contributed by atoms with Gasteiger partial charge in [-0.05, 0) is 57.2 Å². The van der Waals surface area contributed by atoms with Gasteiger partial charge in [-0.1, -0.05) is 170 Å². The van der Waals surface area contributed by atoms with E-state index in [-0.39, 0.29) is 27.6 Å². The van der Waals surface area contributed by atoms with Gasteiger partial charge in [0.25, 0.3) is 0 Å². The largest absolute Gasteiger partial charge is 0.308 e. The van der Waals surface area contributed by atoms with Crippen LogP contribution in [0.3, 0.4) is 0 Å². The maximum atomic E-state index is 9.28. The Morgan fingerprint density at radius 2 is 0.906 bits per heavy atom. The molecule has 2 aromatic heterocycles. The highest BCUT2D eigenvalue weighted by atomic mass is 15.1. The van der Waals surface area contributed by atoms with E-state index in [0.717, 1.165) is 38.6 Å². The molecule has 0 fully saturated rings. The van der Waals surface area contributed by atoms with Gasteiger partial charge in [0.15, 0.2) is 17.5 Å². The molecule has 0 spiro atoms. The van der Waals surface area contributed by atoms with Gasteiger partial charge in [-0.2, -0.15) is 0 Å². The molecule has 10 rings (SSSR count). The first-order valence-corrected chi connectivity index (χ1v) is 17.2. The van der Waals surface area contributed by atoms with Crippen molar-refractivity contribution in [2.75, 3.05) is 0 Å². The molecule has 4 nitrogen and oxygen atoms in total. The predicted molar refractivity (Wildman–Crippen MR) is 219 cm³/mol. The van der Waals surface area contributed by atoms with Crippen molar-refractivity contribution >= 4 is 32.6 Å². The van der Waals surface area contributed by atoms with Crippen LogP contribution in [0, 0.1) is 0 Å². The Morgan fingerprint density at radius 3 is 1.58 bits per heavy atom. The Balaban J connectivity index is 1.35. The van der Waals surface area contributed by atoms with E-state index in [4.69, 9.17) is 23.2 Å². The summed E-state index contributed by atoms with van der Waals surface area (Å²) in [6.07, 6.45) is 0. The second kappa shape index (κ2) is 12.9. The second-order valence-corrected chi connectivity index (χ2v) is 12.7. The summed E-state index contributed by atoms with van der Waals surface area (Å²) in [5, 5.41) is 1.98. The van der Waals surface area contributed by atoms with E-state index in [2.05, 4.69) is 6.07 Å². The standard InChI is InChI=1S/C49H32N4/c1-3-14-33(15-4-1)35-26-29-37(30-27-35)48-50-47(36-17-5-2-6-18-36)51-49(52-48)46-40(39-31-28-34-16-7-8-19-38(34)32-39)22-13-25-45(46)53-43-23-11-9-20-41(43)42-21-10-12-24-44(42)53/h1-32H/i9D,10D,11D,12D,20D,21D,23D,24D. The van der Waals surface area contributed by atoms with Crippen LogP contribution in [0.5, 0.6) is 0 Å². The van der Waals surface area contributed by atoms with Crippen molar-refractivity contribution in [1.82, 2.24) is 19.5 Å². The summed E-state index contributed by atoms with van der Waals surface area (Å²) < 4.78 is 73.0. The molecule has 2 heterocycles. The number of rotatable bonds is 6. The zero-order chi connectivity index (χ0) is 42.1. The van der Waals surface area contributed by atoms with Crippen LogP contribution in [0.2, 0.25) is 0 Å². The highest BCUT2D eigenvalue weighted by Gasteiger charge is 2.22. The van der Waals surface area contributed by atoms with Gasteiger partial charge < -0.3 is 4.57 Å². The Morgan fingerprint density at radius 1 is 0.396 bits per heavy atom. The number of benzene rings is 8. The minimum Gasteiger partial charge on any atom is -0.308 e. The smallest absolute Gasteiger partial charge is 0.166 e. The van der Waals surface area contributed by atoms with Gasteiger partial charge in [-0.3, -0.25) is 0 Å². The van der Waals surface area contributed by atoms with Crippen molar-refractivity contribution in [3.8, 4) is 62.1 Å². The Bertz CT molecular complexity index is 3310. The first-order chi connectivity index (χ1) is 29.6. The summed E-state index contributed by atoms with van der Waals surface area (Å²) in [5.41, 5.74) is 5.82. The zero-order valence-electron chi connectivity index (χ0n) is 36.1. The molecule has 0 bridgehead atoms. The molecule has 0 N–H and O–H groups in total. The Labute approximate surface area is 318 Å². The van der Waals surface area contributed by atoms with Gasteiger partial charge in [0, 0.05) is 21.9 Å². The molecule has 0 saturated heterocycles. The summed E-state index contributed by atoms with van der Waals surface area (Å²) in [4.78, 5) is 15.3. The van der Waals surface area contributed by atoms with Crippen LogP contribution in [0.15, 0.2) is 194 Å². The molecule has 0 aliphatic heterocycles. The van der Waals surface area contributed by atoms with E-state index in [1.807, 2.05) is 133 Å². The maximum Gasteiger partial charge on any atom is 0.166 e. The van der Waals surface area contributed by atoms with Gasteiger partial charge in [0.1, 0.15) is 0 Å². The number of para-hydroxylation sites is 2. The lowest BCUT2D eigenvalue weighted by Crippen LogP contribution is -2.05. The van der Waals surface area contributed by atoms with Gasteiger partial charge in [0.2, 0.25) is 0 Å². The lowest BCUT2D eigenvalue weighted by atomic mass is 9.95. The fraction of sp³-hybridized carbons (Fsp3) is 0. The third-order valence-electron chi connectivity index (χ3n) is 9.52. The van der Waals surface area contributed by atoms with Crippen molar-refractivity contribution in [3.05, 3.63) is 194 Å². The van der Waals surface area contributed by atoms with Crippen LogP contribution in [-0.4, -0.2) is 19.5 Å². The molecular weight excluding hydrogens is 645 g/mol. The van der Waals surface area contributed by atoms with Crippen molar-refractivity contribution < 1.29 is 11.0 Å². The maximum absolute atomic E-state index is 9.28. The van der Waals surface area contributed by atoms with Crippen molar-refractivity contribution in [1.29, 1.82) is 0 Å². The van der Waals surface area contributed by atoms with Gasteiger partial charge in [0.05, 0.1) is 33.3 Å². The molecule has 53 heavy (non-hydrogen) atoms. The molecular formula is C49H32N4. The van der Waals surface area contributed by atoms with Gasteiger partial charge in [-0.25, -0.2) is 15.0 Å². The lowest BCUT2D eigenvalue weighted by Gasteiger charge is -2.18. The van der Waals surface area contributed by atoms with Crippen LogP contribution in [-0.2, 0) is 0 Å². The van der Waals surface area contributed by atoms with Gasteiger partial charge >= 0.3 is 0 Å². The number of fused-ring (bicyclic) bond motifs is 4. The van der Waals surface area contributed by atoms with Crippen LogP contribution in [0.25, 0.3) is 94.7 Å². The molecule has 4 heteroatoms. The van der Waals surface area contributed by atoms with E-state index in [9.17, 15) is 2.74 Å². The molecule has 0 unspecified atom stereocenters. The molecule has 0 radical (unpaired) electrons. The normalized spacial score (nSPS) is 13.5. The molecule has 0 atom stereocenters. The first-order valence-electron chi connectivity index (χ1n) is 21.2. The number of aromatic nitrogens is 4. The summed E-state index contributed by atoms with van der Waals surface area (Å²) in [5.74, 6) is 1.01. The summed E-state index contributed by atoms with van der Waals surface area (Å²) >= 11 is 0. The van der Waals surface area contributed by atoms with E-state index < -0.39 is 48.3 Å². The highest BCUT2D eigenvalue weighted by Crippen LogP contribution is 2.41. The Kier molecular flexibility index (Phi) is 5.66. The molecule has 0 amide bonds. The quantitative estimate of drug-likeness (QED) is 0.175. The van der Waals surface area contributed by atoms with E-state index in [1.54, 1.807) is 6.07 Å². The number of hydrogen-bond acceptors (Lipinski definition) is 3. The predicted octanol–water partition coefficient (Wildman–Crippen LogP) is 12.5. The SMILES string of the molecule is [2H]c1c([2H])c([2H])c2c(c1[2H])c1c([2H])c([2H])c([2H])c([2H])c1n2-c1cccc(-c2ccc3ccccc3c2)c1-c1nc(-c2ccccc2)nc(-c2ccc(-c3ccccc3)cc2)n1. The monoisotopic (exact) mass is 684 g/mol. The van der Waals surface area contributed by atoms with Crippen LogP contribution in [0.4, 0.5) is 0 Å². The molecule has 0 aliphatic carbocycles.